The van der Waals surface area contributed by atoms with Crippen LogP contribution in [-0.4, -0.2) is 49.8 Å². The average molecular weight is 491 g/mol. The van der Waals surface area contributed by atoms with E-state index in [1.807, 2.05) is 27.7 Å². The van der Waals surface area contributed by atoms with Gasteiger partial charge in [0, 0.05) is 5.54 Å². The number of halogens is 3. The molecular weight excluding hydrogens is 449 g/mol. The van der Waals surface area contributed by atoms with Gasteiger partial charge in [0.2, 0.25) is 0 Å². The first-order chi connectivity index (χ1) is 15.8. The number of esters is 1. The van der Waals surface area contributed by atoms with Crippen LogP contribution < -0.4 is 11.1 Å². The van der Waals surface area contributed by atoms with Crippen LogP contribution in [0.25, 0.3) is 0 Å². The van der Waals surface area contributed by atoms with Gasteiger partial charge in [-0.3, -0.25) is 10.1 Å². The summed E-state index contributed by atoms with van der Waals surface area (Å²) in [6.45, 7) is 12.5. The smallest absolute Gasteiger partial charge is 0.396 e. The zero-order chi connectivity index (χ0) is 25.7. The SMILES string of the molecule is CCC1=C(OCCCCNCOCC(C)(C)N)C(CC)C2(C)OC(=O)C(C)C(C(F)(F)F)C2=C1. The minimum atomic E-state index is -4.53. The van der Waals surface area contributed by atoms with Crippen molar-refractivity contribution in [1.29, 1.82) is 0 Å². The predicted octanol–water partition coefficient (Wildman–Crippen LogP) is 4.84. The number of carbonyl (C=O) groups excluding carboxylic acids is 1. The van der Waals surface area contributed by atoms with Gasteiger partial charge in [-0.2, -0.15) is 13.2 Å². The Kier molecular flexibility index (Phi) is 9.64. The van der Waals surface area contributed by atoms with Crippen molar-refractivity contribution in [3.8, 4) is 0 Å². The van der Waals surface area contributed by atoms with Crippen molar-refractivity contribution >= 4 is 5.97 Å². The highest BCUT2D eigenvalue weighted by molar-refractivity contribution is 5.76. The number of nitrogens with two attached hydrogens (primary N) is 1. The van der Waals surface area contributed by atoms with E-state index in [0.717, 1.165) is 25.0 Å². The molecule has 1 aliphatic carbocycles. The van der Waals surface area contributed by atoms with E-state index in [2.05, 4.69) is 5.32 Å². The van der Waals surface area contributed by atoms with Gasteiger partial charge in [-0.1, -0.05) is 26.8 Å². The van der Waals surface area contributed by atoms with Gasteiger partial charge in [0.05, 0.1) is 37.7 Å². The van der Waals surface area contributed by atoms with Crippen LogP contribution in [-0.2, 0) is 19.0 Å². The maximum Gasteiger partial charge on any atom is 0.396 e. The van der Waals surface area contributed by atoms with Crippen LogP contribution in [0.1, 0.15) is 67.2 Å². The Labute approximate surface area is 201 Å². The van der Waals surface area contributed by atoms with Gasteiger partial charge in [-0.15, -0.1) is 0 Å². The maximum atomic E-state index is 14.0. The standard InChI is InChI=1S/C25H41F3N2O4/c1-7-17-13-19-20(25(26,27)28)16(3)22(31)34-24(19,6)18(8-2)21(17)33-12-10-9-11-30-15-32-14-23(4,5)29/h13,16,18,20,30H,7-12,14-15,29H2,1-6H3. The quantitative estimate of drug-likeness (QED) is 0.231. The summed E-state index contributed by atoms with van der Waals surface area (Å²) in [4.78, 5) is 12.5. The lowest BCUT2D eigenvalue weighted by Gasteiger charge is -2.50. The van der Waals surface area contributed by atoms with Gasteiger partial charge in [-0.25, -0.2) is 0 Å². The second kappa shape index (κ2) is 11.4. The van der Waals surface area contributed by atoms with E-state index in [9.17, 15) is 18.0 Å². The number of carbonyl (C=O) groups is 1. The summed E-state index contributed by atoms with van der Waals surface area (Å²) in [5, 5.41) is 3.19. The molecule has 1 fully saturated rings. The molecule has 6 nitrogen and oxygen atoms in total. The van der Waals surface area contributed by atoms with Crippen LogP contribution in [0, 0.1) is 17.8 Å². The molecule has 0 radical (unpaired) electrons. The summed E-state index contributed by atoms with van der Waals surface area (Å²) in [7, 11) is 0. The zero-order valence-corrected chi connectivity index (χ0v) is 21.3. The highest BCUT2D eigenvalue weighted by atomic mass is 19.4. The molecule has 1 saturated heterocycles. The topological polar surface area (TPSA) is 82.8 Å². The third kappa shape index (κ3) is 6.76. The molecule has 1 heterocycles. The molecule has 0 amide bonds. The third-order valence-corrected chi connectivity index (χ3v) is 6.55. The van der Waals surface area contributed by atoms with E-state index in [1.165, 1.54) is 6.92 Å². The van der Waals surface area contributed by atoms with Gasteiger partial charge in [0.1, 0.15) is 11.4 Å². The summed E-state index contributed by atoms with van der Waals surface area (Å²) in [5.41, 5.74) is 5.00. The molecule has 0 saturated carbocycles. The van der Waals surface area contributed by atoms with E-state index >= 15 is 0 Å². The van der Waals surface area contributed by atoms with Gasteiger partial charge in [0.25, 0.3) is 0 Å². The molecule has 34 heavy (non-hydrogen) atoms. The molecule has 9 heteroatoms. The summed E-state index contributed by atoms with van der Waals surface area (Å²) < 4.78 is 59.3. The van der Waals surface area contributed by atoms with E-state index in [0.29, 0.717) is 38.5 Å². The number of nitrogens with one attached hydrogen (secondary N) is 1. The van der Waals surface area contributed by atoms with Crippen molar-refractivity contribution < 1.29 is 32.2 Å². The molecule has 3 N–H and O–H groups in total. The lowest BCUT2D eigenvalue weighted by molar-refractivity contribution is -0.216. The Morgan fingerprint density at radius 1 is 1.24 bits per heavy atom. The highest BCUT2D eigenvalue weighted by Gasteiger charge is 2.61. The Balaban J connectivity index is 2.07. The Hall–Kier alpha value is -1.58. The first-order valence-electron chi connectivity index (χ1n) is 12.2. The van der Waals surface area contributed by atoms with E-state index in [4.69, 9.17) is 19.9 Å². The van der Waals surface area contributed by atoms with Crippen molar-refractivity contribution in [3.05, 3.63) is 23.0 Å². The van der Waals surface area contributed by atoms with Crippen LogP contribution in [0.4, 0.5) is 13.2 Å². The fourth-order valence-electron chi connectivity index (χ4n) is 4.81. The number of rotatable bonds is 12. The molecular formula is C25H41F3N2O4. The summed E-state index contributed by atoms with van der Waals surface area (Å²) in [5.74, 6) is -3.76. The number of unbranched alkanes of at least 4 members (excludes halogenated alkanes) is 1. The Bertz CT molecular complexity index is 773. The normalized spacial score (nSPS) is 27.9. The largest absolute Gasteiger partial charge is 0.497 e. The van der Waals surface area contributed by atoms with Crippen LogP contribution in [0.5, 0.6) is 0 Å². The predicted molar refractivity (Wildman–Crippen MR) is 125 cm³/mol. The van der Waals surface area contributed by atoms with E-state index in [-0.39, 0.29) is 11.1 Å². The van der Waals surface area contributed by atoms with Crippen LogP contribution >= 0.6 is 0 Å². The number of allylic oxidation sites excluding steroid dienone is 2. The second-order valence-electron chi connectivity index (χ2n) is 10.2. The number of alkyl halides is 3. The highest BCUT2D eigenvalue weighted by Crippen LogP contribution is 2.54. The summed E-state index contributed by atoms with van der Waals surface area (Å²) in [6.07, 6.45) is -0.313. The lowest BCUT2D eigenvalue weighted by atomic mass is 9.65. The van der Waals surface area contributed by atoms with Gasteiger partial charge < -0.3 is 19.9 Å². The Morgan fingerprint density at radius 2 is 1.91 bits per heavy atom. The van der Waals surface area contributed by atoms with Crippen LogP contribution in [0.3, 0.4) is 0 Å². The van der Waals surface area contributed by atoms with Crippen molar-refractivity contribution in [2.75, 3.05) is 26.5 Å². The summed E-state index contributed by atoms with van der Waals surface area (Å²) >= 11 is 0. The van der Waals surface area contributed by atoms with Crippen molar-refractivity contribution in [2.45, 2.75) is 84.5 Å². The molecule has 0 spiro atoms. The fourth-order valence-corrected chi connectivity index (χ4v) is 4.81. The third-order valence-electron chi connectivity index (χ3n) is 6.55. The zero-order valence-electron chi connectivity index (χ0n) is 21.3. The van der Waals surface area contributed by atoms with Gasteiger partial charge in [0.15, 0.2) is 0 Å². The molecule has 196 valence electrons. The number of fused-ring (bicyclic) bond motifs is 1. The van der Waals surface area contributed by atoms with Crippen LogP contribution in [0.15, 0.2) is 23.0 Å². The number of ether oxygens (including phenoxy) is 3. The number of hydrogen-bond donors (Lipinski definition) is 2. The molecule has 0 bridgehead atoms. The maximum absolute atomic E-state index is 14.0. The molecule has 1 aliphatic heterocycles. The van der Waals surface area contributed by atoms with Gasteiger partial charge >= 0.3 is 12.1 Å². The molecule has 4 unspecified atom stereocenters. The fraction of sp³-hybridized carbons (Fsp3) is 0.800. The van der Waals surface area contributed by atoms with Crippen molar-refractivity contribution in [2.24, 2.45) is 23.5 Å². The first kappa shape index (κ1) is 28.7. The van der Waals surface area contributed by atoms with E-state index < -0.39 is 35.5 Å². The number of hydrogen-bond acceptors (Lipinski definition) is 6. The van der Waals surface area contributed by atoms with Crippen molar-refractivity contribution in [1.82, 2.24) is 5.32 Å². The summed E-state index contributed by atoms with van der Waals surface area (Å²) in [6, 6.07) is 0. The molecule has 4 atom stereocenters. The second-order valence-corrected chi connectivity index (χ2v) is 10.2. The lowest BCUT2D eigenvalue weighted by Crippen LogP contribution is -2.56. The first-order valence-corrected chi connectivity index (χ1v) is 12.2. The molecule has 2 rings (SSSR count). The molecule has 0 aromatic carbocycles. The van der Waals surface area contributed by atoms with Gasteiger partial charge in [-0.05, 0) is 64.1 Å². The monoisotopic (exact) mass is 490 g/mol. The minimum absolute atomic E-state index is 0.132. The molecule has 0 aromatic rings. The molecule has 0 aromatic heterocycles. The minimum Gasteiger partial charge on any atom is -0.497 e. The average Bonchev–Trinajstić information content (AvgIpc) is 2.71. The molecule has 2 aliphatic rings. The van der Waals surface area contributed by atoms with Crippen LogP contribution in [0.2, 0.25) is 0 Å². The Morgan fingerprint density at radius 3 is 2.47 bits per heavy atom. The van der Waals surface area contributed by atoms with E-state index in [1.54, 1.807) is 13.0 Å². The van der Waals surface area contributed by atoms with Crippen molar-refractivity contribution in [3.63, 3.8) is 0 Å².